The van der Waals surface area contributed by atoms with Crippen LogP contribution >= 0.6 is 17.0 Å². The van der Waals surface area contributed by atoms with Crippen molar-refractivity contribution in [3.63, 3.8) is 0 Å². The molecule has 1 N–H and O–H groups in total. The van der Waals surface area contributed by atoms with Crippen LogP contribution < -0.4 is 0 Å². The molecule has 0 radical (unpaired) electrons. The van der Waals surface area contributed by atoms with Crippen molar-refractivity contribution < 1.29 is 17.9 Å². The van der Waals surface area contributed by atoms with Crippen molar-refractivity contribution in [1.82, 2.24) is 4.98 Å². The minimum Gasteiger partial charge on any atom is -0.506 e. The van der Waals surface area contributed by atoms with Gasteiger partial charge in [-0.1, -0.05) is 0 Å². The summed E-state index contributed by atoms with van der Waals surface area (Å²) in [4.78, 5) is 4.00. The van der Waals surface area contributed by atoms with Crippen LogP contribution in [0.25, 0.3) is 10.9 Å². The van der Waals surface area contributed by atoms with Crippen LogP contribution in [0.5, 0.6) is 5.75 Å². The minimum atomic E-state index is -3.82. The smallest absolute Gasteiger partial charge is 0.207 e. The molecule has 3 rings (SSSR count). The number of sulfone groups is 1. The van der Waals surface area contributed by atoms with Crippen LogP contribution in [0.15, 0.2) is 64.5 Å². The summed E-state index contributed by atoms with van der Waals surface area (Å²) in [6.45, 7) is 0. The summed E-state index contributed by atoms with van der Waals surface area (Å²) >= 11 is 0. The summed E-state index contributed by atoms with van der Waals surface area (Å²) in [5, 5.41) is 10.1. The van der Waals surface area contributed by atoms with Gasteiger partial charge in [0.15, 0.2) is 0 Å². The summed E-state index contributed by atoms with van der Waals surface area (Å²) in [6.07, 6.45) is 1.47. The predicted molar refractivity (Wildman–Crippen MR) is 85.6 cm³/mol. The molecule has 0 fully saturated rings. The number of aromatic hydroxyl groups is 1. The van der Waals surface area contributed by atoms with Crippen molar-refractivity contribution in [3.05, 3.63) is 60.5 Å². The topological polar surface area (TPSA) is 67.3 Å². The van der Waals surface area contributed by atoms with Gasteiger partial charge in [-0.2, -0.15) is 0 Å². The highest BCUT2D eigenvalue weighted by Crippen LogP contribution is 2.31. The SMILES string of the molecule is Br.O=S(=O)(c1ccc(F)cc1)c1ccc(O)c2ncccc12. The molecule has 0 amide bonds. The molecular formula is C15H11BrFNO3S. The molecular weight excluding hydrogens is 373 g/mol. The number of pyridine rings is 1. The van der Waals surface area contributed by atoms with Crippen molar-refractivity contribution in [2.24, 2.45) is 0 Å². The first-order valence-corrected chi connectivity index (χ1v) is 7.56. The third kappa shape index (κ3) is 2.69. The van der Waals surface area contributed by atoms with E-state index in [9.17, 15) is 17.9 Å². The molecule has 2 aromatic carbocycles. The summed E-state index contributed by atoms with van der Waals surface area (Å²) in [5.74, 6) is -0.602. The van der Waals surface area contributed by atoms with Gasteiger partial charge in [0.05, 0.1) is 9.79 Å². The molecule has 0 bridgehead atoms. The molecule has 1 heterocycles. The monoisotopic (exact) mass is 383 g/mol. The minimum absolute atomic E-state index is 0. The van der Waals surface area contributed by atoms with Gasteiger partial charge in [0, 0.05) is 11.6 Å². The van der Waals surface area contributed by atoms with Gasteiger partial charge in [-0.15, -0.1) is 17.0 Å². The summed E-state index contributed by atoms with van der Waals surface area (Å²) in [5.41, 5.74) is 0.209. The number of phenolic OH excluding ortho intramolecular Hbond substituents is 1. The Morgan fingerprint density at radius 3 is 2.36 bits per heavy atom. The first kappa shape index (κ1) is 16.4. The fourth-order valence-corrected chi connectivity index (χ4v) is 3.56. The lowest BCUT2D eigenvalue weighted by atomic mass is 10.2. The fourth-order valence-electron chi connectivity index (χ4n) is 2.11. The van der Waals surface area contributed by atoms with Gasteiger partial charge in [-0.25, -0.2) is 12.8 Å². The van der Waals surface area contributed by atoms with Crippen molar-refractivity contribution in [2.45, 2.75) is 9.79 Å². The Hall–Kier alpha value is -1.99. The number of halogens is 2. The highest BCUT2D eigenvalue weighted by molar-refractivity contribution is 8.93. The Bertz CT molecular complexity index is 927. The number of hydrogen-bond donors (Lipinski definition) is 1. The van der Waals surface area contributed by atoms with Crippen LogP contribution in [0, 0.1) is 5.82 Å². The zero-order chi connectivity index (χ0) is 15.0. The van der Waals surface area contributed by atoms with E-state index in [-0.39, 0.29) is 38.0 Å². The molecule has 1 aromatic heterocycles. The van der Waals surface area contributed by atoms with E-state index >= 15 is 0 Å². The first-order valence-electron chi connectivity index (χ1n) is 6.07. The van der Waals surface area contributed by atoms with Crippen molar-refractivity contribution in [1.29, 1.82) is 0 Å². The molecule has 0 aliphatic carbocycles. The molecule has 0 saturated heterocycles. The molecule has 0 aliphatic heterocycles. The number of fused-ring (bicyclic) bond motifs is 1. The normalized spacial score (nSPS) is 11.1. The molecule has 3 aromatic rings. The van der Waals surface area contributed by atoms with Crippen LogP contribution in [0.4, 0.5) is 4.39 Å². The number of rotatable bonds is 2. The number of aromatic nitrogens is 1. The molecule has 22 heavy (non-hydrogen) atoms. The lowest BCUT2D eigenvalue weighted by Crippen LogP contribution is -2.03. The first-order chi connectivity index (χ1) is 10.00. The van der Waals surface area contributed by atoms with E-state index in [1.54, 1.807) is 12.1 Å². The van der Waals surface area contributed by atoms with Crippen LogP contribution in [-0.2, 0) is 9.84 Å². The molecule has 0 atom stereocenters. The Labute approximate surface area is 136 Å². The number of nitrogens with zero attached hydrogens (tertiary/aromatic N) is 1. The fraction of sp³-hybridized carbons (Fsp3) is 0. The Morgan fingerprint density at radius 1 is 1.00 bits per heavy atom. The second kappa shape index (κ2) is 6.02. The molecule has 7 heteroatoms. The highest BCUT2D eigenvalue weighted by atomic mass is 79.9. The van der Waals surface area contributed by atoms with Gasteiger partial charge in [-0.05, 0) is 48.5 Å². The van der Waals surface area contributed by atoms with Crippen molar-refractivity contribution in [2.75, 3.05) is 0 Å². The van der Waals surface area contributed by atoms with Gasteiger partial charge in [-0.3, -0.25) is 4.98 Å². The van der Waals surface area contributed by atoms with Crippen molar-refractivity contribution >= 4 is 37.7 Å². The van der Waals surface area contributed by atoms with Gasteiger partial charge >= 0.3 is 0 Å². The highest BCUT2D eigenvalue weighted by Gasteiger charge is 2.21. The molecule has 4 nitrogen and oxygen atoms in total. The van der Waals surface area contributed by atoms with E-state index in [1.165, 1.54) is 30.5 Å². The van der Waals surface area contributed by atoms with Gasteiger partial charge < -0.3 is 5.11 Å². The molecule has 0 aliphatic rings. The van der Waals surface area contributed by atoms with E-state index in [4.69, 9.17) is 0 Å². The average Bonchev–Trinajstić information content (AvgIpc) is 2.48. The maximum Gasteiger partial charge on any atom is 0.207 e. The molecule has 114 valence electrons. The largest absolute Gasteiger partial charge is 0.506 e. The second-order valence-electron chi connectivity index (χ2n) is 4.44. The van der Waals surface area contributed by atoms with Gasteiger partial charge in [0.25, 0.3) is 0 Å². The quantitative estimate of drug-likeness (QED) is 0.687. The van der Waals surface area contributed by atoms with E-state index in [1.807, 2.05) is 0 Å². The number of phenols is 1. The maximum absolute atomic E-state index is 12.9. The lowest BCUT2D eigenvalue weighted by Gasteiger charge is -2.09. The van der Waals surface area contributed by atoms with Crippen LogP contribution in [0.2, 0.25) is 0 Å². The van der Waals surface area contributed by atoms with Crippen molar-refractivity contribution in [3.8, 4) is 5.75 Å². The van der Waals surface area contributed by atoms with Crippen LogP contribution in [-0.4, -0.2) is 18.5 Å². The summed E-state index contributed by atoms with van der Waals surface area (Å²) in [7, 11) is -3.82. The molecule has 0 saturated carbocycles. The molecule has 0 unspecified atom stereocenters. The maximum atomic E-state index is 12.9. The van der Waals surface area contributed by atoms with E-state index in [0.717, 1.165) is 12.1 Å². The average molecular weight is 384 g/mol. The van der Waals surface area contributed by atoms with E-state index < -0.39 is 15.7 Å². The summed E-state index contributed by atoms with van der Waals surface area (Å²) in [6, 6.07) is 10.4. The van der Waals surface area contributed by atoms with Gasteiger partial charge in [0.1, 0.15) is 17.1 Å². The number of hydrogen-bond acceptors (Lipinski definition) is 4. The van der Waals surface area contributed by atoms with Gasteiger partial charge in [0.2, 0.25) is 9.84 Å². The Balaban J connectivity index is 0.00000176. The van der Waals surface area contributed by atoms with Crippen LogP contribution in [0.3, 0.4) is 0 Å². The number of benzene rings is 2. The Kier molecular flexibility index (Phi) is 4.48. The zero-order valence-electron chi connectivity index (χ0n) is 11.1. The second-order valence-corrected chi connectivity index (χ2v) is 6.36. The predicted octanol–water partition coefficient (Wildman–Crippen LogP) is 3.49. The third-order valence-corrected chi connectivity index (χ3v) is 4.95. The zero-order valence-corrected chi connectivity index (χ0v) is 13.6. The molecule has 0 spiro atoms. The standard InChI is InChI=1S/C15H10FNO3S.BrH/c16-10-3-5-11(6-4-10)21(19,20)14-8-7-13(18)15-12(14)2-1-9-17-15;/h1-9,18H;1H. The van der Waals surface area contributed by atoms with E-state index in [2.05, 4.69) is 4.98 Å². The van der Waals surface area contributed by atoms with Crippen LogP contribution in [0.1, 0.15) is 0 Å². The summed E-state index contributed by atoms with van der Waals surface area (Å²) < 4.78 is 38.2. The third-order valence-electron chi connectivity index (χ3n) is 3.12. The Morgan fingerprint density at radius 2 is 1.68 bits per heavy atom. The lowest BCUT2D eigenvalue weighted by molar-refractivity contribution is 0.480. The van der Waals surface area contributed by atoms with E-state index in [0.29, 0.717) is 5.39 Å².